The molecule has 0 fully saturated rings. The van der Waals surface area contributed by atoms with Gasteiger partial charge in [0, 0.05) is 23.1 Å². The molecule has 0 unspecified atom stereocenters. The topological polar surface area (TPSA) is 103 Å². The van der Waals surface area contributed by atoms with Crippen LogP contribution in [0.5, 0.6) is 23.0 Å². The van der Waals surface area contributed by atoms with Crippen LogP contribution in [0.2, 0.25) is 0 Å². The van der Waals surface area contributed by atoms with Crippen LogP contribution in [0.4, 0.5) is 0 Å². The summed E-state index contributed by atoms with van der Waals surface area (Å²) in [6.07, 6.45) is 1.82. The van der Waals surface area contributed by atoms with Crippen LogP contribution in [0.25, 0.3) is 11.8 Å². The number of hydrogen-bond acceptors (Lipinski definition) is 9. The van der Waals surface area contributed by atoms with Gasteiger partial charge in [-0.25, -0.2) is 9.79 Å². The summed E-state index contributed by atoms with van der Waals surface area (Å²) in [5.41, 5.74) is 5.00. The number of methoxy groups -OCH3 is 1. The third-order valence-electron chi connectivity index (χ3n) is 7.75. The van der Waals surface area contributed by atoms with Crippen LogP contribution < -0.4 is 33.8 Å². The average molecular weight is 630 g/mol. The maximum absolute atomic E-state index is 14.2. The Morgan fingerprint density at radius 3 is 2.60 bits per heavy atom. The predicted molar refractivity (Wildman–Crippen MR) is 171 cm³/mol. The van der Waals surface area contributed by atoms with Crippen LogP contribution in [0.3, 0.4) is 0 Å². The van der Waals surface area contributed by atoms with E-state index in [0.717, 1.165) is 22.6 Å². The molecule has 2 aliphatic rings. The molecule has 45 heavy (non-hydrogen) atoms. The number of benzene rings is 2. The van der Waals surface area contributed by atoms with E-state index in [0.29, 0.717) is 49.2 Å². The number of nitrogens with zero attached hydrogens (tertiary/aromatic N) is 3. The molecule has 6 rings (SSSR count). The Kier molecular flexibility index (Phi) is 8.05. The molecule has 0 radical (unpaired) electrons. The molecule has 10 nitrogen and oxygen atoms in total. The number of ether oxygens (including phenoxy) is 5. The molecular formula is C34H35N3O7S. The number of carbonyl (C=O) groups excluding carboxylic acids is 1. The van der Waals surface area contributed by atoms with Gasteiger partial charge in [0.15, 0.2) is 27.8 Å². The molecule has 234 valence electrons. The molecule has 0 bridgehead atoms. The second-order valence-corrected chi connectivity index (χ2v) is 12.1. The minimum atomic E-state index is -0.773. The predicted octanol–water partition coefficient (Wildman–Crippen LogP) is 4.73. The maximum Gasteiger partial charge on any atom is 0.338 e. The van der Waals surface area contributed by atoms with Gasteiger partial charge in [0.05, 0.1) is 41.7 Å². The van der Waals surface area contributed by atoms with Gasteiger partial charge in [-0.1, -0.05) is 17.4 Å². The van der Waals surface area contributed by atoms with Crippen molar-refractivity contribution in [3.05, 3.63) is 95.9 Å². The summed E-state index contributed by atoms with van der Waals surface area (Å²) in [4.78, 5) is 32.8. The first kappa shape index (κ1) is 30.3. The third-order valence-corrected chi connectivity index (χ3v) is 8.74. The summed E-state index contributed by atoms with van der Waals surface area (Å²) >= 11 is 1.28. The van der Waals surface area contributed by atoms with Gasteiger partial charge in [-0.15, -0.1) is 0 Å². The second-order valence-electron chi connectivity index (χ2n) is 11.1. The zero-order valence-corrected chi connectivity index (χ0v) is 27.1. The number of fused-ring (bicyclic) bond motifs is 2. The van der Waals surface area contributed by atoms with Crippen molar-refractivity contribution in [1.82, 2.24) is 9.13 Å². The molecular weight excluding hydrogens is 594 g/mol. The molecule has 4 heterocycles. The summed E-state index contributed by atoms with van der Waals surface area (Å²) < 4.78 is 32.3. The zero-order chi connectivity index (χ0) is 32.0. The van der Waals surface area contributed by atoms with Gasteiger partial charge in [0.25, 0.3) is 5.56 Å². The lowest BCUT2D eigenvalue weighted by molar-refractivity contribution is -0.139. The number of aromatic nitrogens is 2. The molecule has 0 spiro atoms. The van der Waals surface area contributed by atoms with Gasteiger partial charge in [-0.3, -0.25) is 9.36 Å². The molecule has 1 atom stereocenters. The molecule has 2 aliphatic heterocycles. The fourth-order valence-electron chi connectivity index (χ4n) is 5.81. The lowest BCUT2D eigenvalue weighted by Crippen LogP contribution is -2.40. The van der Waals surface area contributed by atoms with Crippen LogP contribution in [-0.4, -0.2) is 41.7 Å². The minimum Gasteiger partial charge on any atom is -0.493 e. The smallest absolute Gasteiger partial charge is 0.338 e. The summed E-state index contributed by atoms with van der Waals surface area (Å²) in [7, 11) is 1.56. The quantitative estimate of drug-likeness (QED) is 0.260. The van der Waals surface area contributed by atoms with Crippen LogP contribution in [0.1, 0.15) is 56.3 Å². The van der Waals surface area contributed by atoms with E-state index in [2.05, 4.69) is 4.57 Å². The molecule has 0 N–H and O–H groups in total. The van der Waals surface area contributed by atoms with E-state index in [1.807, 2.05) is 64.1 Å². The molecule has 2 aromatic carbocycles. The van der Waals surface area contributed by atoms with Gasteiger partial charge in [0.1, 0.15) is 0 Å². The number of allylic oxidation sites excluding steroid dienone is 1. The van der Waals surface area contributed by atoms with E-state index < -0.39 is 12.0 Å². The molecule has 2 aromatic heterocycles. The van der Waals surface area contributed by atoms with Crippen molar-refractivity contribution < 1.29 is 28.5 Å². The molecule has 0 amide bonds. The second kappa shape index (κ2) is 12.0. The van der Waals surface area contributed by atoms with Gasteiger partial charge in [-0.2, -0.15) is 0 Å². The van der Waals surface area contributed by atoms with E-state index >= 15 is 0 Å². The number of rotatable bonds is 8. The monoisotopic (exact) mass is 629 g/mol. The molecule has 4 aromatic rings. The lowest BCUT2D eigenvalue weighted by Gasteiger charge is -2.25. The lowest BCUT2D eigenvalue weighted by atomic mass is 9.95. The Balaban J connectivity index is 1.49. The van der Waals surface area contributed by atoms with Crippen molar-refractivity contribution in [1.29, 1.82) is 0 Å². The first-order chi connectivity index (χ1) is 21.6. The third kappa shape index (κ3) is 5.41. The van der Waals surface area contributed by atoms with E-state index in [1.54, 1.807) is 37.7 Å². The summed E-state index contributed by atoms with van der Waals surface area (Å²) in [5.74, 6) is 1.96. The minimum absolute atomic E-state index is 0.0633. The number of thiazole rings is 1. The first-order valence-electron chi connectivity index (χ1n) is 14.7. The Morgan fingerprint density at radius 2 is 1.87 bits per heavy atom. The van der Waals surface area contributed by atoms with Crippen molar-refractivity contribution in [3.63, 3.8) is 0 Å². The Labute approximate surface area is 264 Å². The van der Waals surface area contributed by atoms with E-state index in [1.165, 1.54) is 11.3 Å². The van der Waals surface area contributed by atoms with Crippen molar-refractivity contribution >= 4 is 23.4 Å². The molecule has 0 aliphatic carbocycles. The maximum atomic E-state index is 14.2. The highest BCUT2D eigenvalue weighted by atomic mass is 32.1. The Bertz CT molecular complexity index is 2030. The van der Waals surface area contributed by atoms with Crippen molar-refractivity contribution in [2.45, 2.75) is 53.7 Å². The summed E-state index contributed by atoms with van der Waals surface area (Å²) in [6, 6.07) is 12.5. The van der Waals surface area contributed by atoms with Crippen LogP contribution in [0.15, 0.2) is 63.5 Å². The van der Waals surface area contributed by atoms with E-state index in [-0.39, 0.29) is 25.1 Å². The summed E-state index contributed by atoms with van der Waals surface area (Å²) in [5, 5.41) is 0. The van der Waals surface area contributed by atoms with E-state index in [9.17, 15) is 9.59 Å². The molecule has 0 saturated carbocycles. The number of esters is 1. The highest BCUT2D eigenvalue weighted by Gasteiger charge is 2.34. The van der Waals surface area contributed by atoms with Crippen LogP contribution in [0, 0.1) is 13.8 Å². The van der Waals surface area contributed by atoms with Crippen LogP contribution >= 0.6 is 11.3 Å². The number of hydrogen-bond donors (Lipinski definition) is 0. The zero-order valence-electron chi connectivity index (χ0n) is 26.3. The van der Waals surface area contributed by atoms with Crippen molar-refractivity contribution in [2.24, 2.45) is 4.99 Å². The van der Waals surface area contributed by atoms with Crippen molar-refractivity contribution in [2.75, 3.05) is 20.5 Å². The Morgan fingerprint density at radius 1 is 1.09 bits per heavy atom. The highest BCUT2D eigenvalue weighted by molar-refractivity contribution is 7.07. The summed E-state index contributed by atoms with van der Waals surface area (Å²) in [6.45, 7) is 11.8. The van der Waals surface area contributed by atoms with E-state index in [4.69, 9.17) is 28.7 Å². The fraction of sp³-hybridized carbons (Fsp3) is 0.324. The van der Waals surface area contributed by atoms with Gasteiger partial charge in [0.2, 0.25) is 6.79 Å². The number of carbonyl (C=O) groups is 1. The standard InChI is InChI=1S/C34H35N3O7S/c1-8-41-33(39)30-20(5)35-34-37(31(30)22-9-11-26(44-18(2)3)27(14-22)40-7)32(38)29(45-34)15-23-13-19(4)36(21(23)6)24-10-12-25-28(16-24)43-17-42-25/h9-16,18,31H,8,17H2,1-7H3/b29-15-/t31-/m0/s1. The van der Waals surface area contributed by atoms with Crippen LogP contribution in [-0.2, 0) is 9.53 Å². The fourth-order valence-corrected chi connectivity index (χ4v) is 6.85. The first-order valence-corrected chi connectivity index (χ1v) is 15.6. The average Bonchev–Trinajstić information content (AvgIpc) is 3.67. The highest BCUT2D eigenvalue weighted by Crippen LogP contribution is 2.37. The van der Waals surface area contributed by atoms with Crippen molar-refractivity contribution in [3.8, 4) is 28.7 Å². The SMILES string of the molecule is CCOC(=O)C1=C(C)N=c2s/c(=C\c3cc(C)n(-c4ccc5c(c4)OCO5)c3C)c(=O)n2[C@H]1c1ccc(OC(C)C)c(OC)c1. The van der Waals surface area contributed by atoms with Gasteiger partial charge in [-0.05, 0) is 89.1 Å². The van der Waals surface area contributed by atoms with Gasteiger partial charge < -0.3 is 28.3 Å². The largest absolute Gasteiger partial charge is 0.493 e. The molecule has 11 heteroatoms. The van der Waals surface area contributed by atoms with Gasteiger partial charge >= 0.3 is 5.97 Å². The molecule has 0 saturated heterocycles. The Hall–Kier alpha value is -4.77. The number of aryl methyl sites for hydroxylation is 1. The normalized spacial score (nSPS) is 15.7.